The first kappa shape index (κ1) is 14.1. The lowest BCUT2D eigenvalue weighted by Crippen LogP contribution is -2.15. The summed E-state index contributed by atoms with van der Waals surface area (Å²) in [6.07, 6.45) is 2.63. The van der Waals surface area contributed by atoms with E-state index in [9.17, 15) is 0 Å². The zero-order valence-electron chi connectivity index (χ0n) is 10.4. The van der Waals surface area contributed by atoms with Crippen LogP contribution in [0.15, 0.2) is 18.2 Å². The average molecular weight is 258 g/mol. The third kappa shape index (κ3) is 4.10. The van der Waals surface area contributed by atoms with E-state index in [1.54, 1.807) is 7.11 Å². The van der Waals surface area contributed by atoms with Crippen LogP contribution >= 0.6 is 12.4 Å². The maximum absolute atomic E-state index is 5.54. The summed E-state index contributed by atoms with van der Waals surface area (Å²) in [5.74, 6) is 1.64. The van der Waals surface area contributed by atoms with Crippen LogP contribution in [-0.4, -0.2) is 19.8 Å². The van der Waals surface area contributed by atoms with Gasteiger partial charge in [-0.1, -0.05) is 6.07 Å². The number of halogens is 1. The number of benzene rings is 1. The van der Waals surface area contributed by atoms with E-state index >= 15 is 0 Å². The van der Waals surface area contributed by atoms with E-state index in [1.807, 2.05) is 13.0 Å². The van der Waals surface area contributed by atoms with Gasteiger partial charge in [-0.05, 0) is 37.5 Å². The monoisotopic (exact) mass is 257 g/mol. The second-order valence-corrected chi connectivity index (χ2v) is 4.07. The van der Waals surface area contributed by atoms with Crippen LogP contribution in [0.4, 0.5) is 0 Å². The molecule has 1 aliphatic carbocycles. The van der Waals surface area contributed by atoms with Crippen molar-refractivity contribution in [3.05, 3.63) is 23.8 Å². The van der Waals surface area contributed by atoms with Crippen molar-refractivity contribution in [3.63, 3.8) is 0 Å². The molecular weight excluding hydrogens is 238 g/mol. The fraction of sp³-hybridized carbons (Fsp3) is 0.538. The number of methoxy groups -OCH3 is 1. The molecule has 4 heteroatoms. The molecule has 0 spiro atoms. The summed E-state index contributed by atoms with van der Waals surface area (Å²) in [6.45, 7) is 3.55. The Morgan fingerprint density at radius 2 is 2.06 bits per heavy atom. The summed E-state index contributed by atoms with van der Waals surface area (Å²) in [6, 6.07) is 6.83. The molecule has 96 valence electrons. The number of hydrogen-bond acceptors (Lipinski definition) is 3. The van der Waals surface area contributed by atoms with Crippen molar-refractivity contribution < 1.29 is 9.47 Å². The first-order chi connectivity index (χ1) is 7.83. The maximum Gasteiger partial charge on any atom is 0.161 e. The van der Waals surface area contributed by atoms with Gasteiger partial charge in [-0.3, -0.25) is 0 Å². The molecule has 17 heavy (non-hydrogen) atoms. The Morgan fingerprint density at radius 3 is 2.65 bits per heavy atom. The molecule has 1 N–H and O–H groups in total. The molecule has 0 radical (unpaired) electrons. The Bertz CT molecular complexity index is 353. The fourth-order valence-electron chi connectivity index (χ4n) is 1.65. The minimum absolute atomic E-state index is 0. The first-order valence-corrected chi connectivity index (χ1v) is 5.86. The van der Waals surface area contributed by atoms with Gasteiger partial charge in [0.2, 0.25) is 0 Å². The second-order valence-electron chi connectivity index (χ2n) is 4.07. The Labute approximate surface area is 109 Å². The van der Waals surface area contributed by atoms with E-state index in [-0.39, 0.29) is 12.4 Å². The van der Waals surface area contributed by atoms with Gasteiger partial charge in [0.25, 0.3) is 0 Å². The van der Waals surface area contributed by atoms with Crippen molar-refractivity contribution in [3.8, 4) is 11.5 Å². The number of rotatable bonds is 6. The van der Waals surface area contributed by atoms with E-state index in [4.69, 9.17) is 9.47 Å². The van der Waals surface area contributed by atoms with Gasteiger partial charge in [-0.25, -0.2) is 0 Å². The molecule has 0 aliphatic heterocycles. The molecule has 1 aliphatic rings. The third-order valence-corrected chi connectivity index (χ3v) is 2.70. The molecule has 0 heterocycles. The van der Waals surface area contributed by atoms with Crippen molar-refractivity contribution in [2.75, 3.05) is 13.7 Å². The molecule has 1 aromatic carbocycles. The van der Waals surface area contributed by atoms with Crippen LogP contribution in [0.1, 0.15) is 25.3 Å². The third-order valence-electron chi connectivity index (χ3n) is 2.70. The molecule has 0 atom stereocenters. The summed E-state index contributed by atoms with van der Waals surface area (Å²) >= 11 is 0. The van der Waals surface area contributed by atoms with Crippen molar-refractivity contribution in [2.24, 2.45) is 0 Å². The van der Waals surface area contributed by atoms with E-state index < -0.39 is 0 Å². The van der Waals surface area contributed by atoms with Crippen LogP contribution in [-0.2, 0) is 6.54 Å². The lowest BCUT2D eigenvalue weighted by Gasteiger charge is -2.11. The minimum atomic E-state index is 0. The van der Waals surface area contributed by atoms with E-state index in [1.165, 1.54) is 18.4 Å². The molecule has 3 nitrogen and oxygen atoms in total. The molecule has 1 fully saturated rings. The van der Waals surface area contributed by atoms with Crippen molar-refractivity contribution in [2.45, 2.75) is 32.4 Å². The van der Waals surface area contributed by atoms with Gasteiger partial charge in [0.05, 0.1) is 13.7 Å². The maximum atomic E-state index is 5.54. The quantitative estimate of drug-likeness (QED) is 0.850. The van der Waals surface area contributed by atoms with Gasteiger partial charge >= 0.3 is 0 Å². The predicted molar refractivity (Wildman–Crippen MR) is 71.3 cm³/mol. The van der Waals surface area contributed by atoms with Gasteiger partial charge < -0.3 is 14.8 Å². The van der Waals surface area contributed by atoms with Gasteiger partial charge in [0.15, 0.2) is 11.5 Å². The van der Waals surface area contributed by atoms with Gasteiger partial charge in [0, 0.05) is 12.6 Å². The molecule has 0 amide bonds. The number of hydrogen-bond donors (Lipinski definition) is 1. The van der Waals surface area contributed by atoms with Crippen LogP contribution in [0, 0.1) is 0 Å². The lowest BCUT2D eigenvalue weighted by molar-refractivity contribution is 0.310. The van der Waals surface area contributed by atoms with E-state index in [0.717, 1.165) is 24.1 Å². The summed E-state index contributed by atoms with van der Waals surface area (Å²) in [5, 5.41) is 3.48. The summed E-state index contributed by atoms with van der Waals surface area (Å²) < 4.78 is 10.8. The standard InChI is InChI=1S/C13H19NO2.ClH/c1-3-16-13-8-10(4-7-12(13)15-2)9-14-11-5-6-11;/h4,7-8,11,14H,3,5-6,9H2,1-2H3;1H. The first-order valence-electron chi connectivity index (χ1n) is 5.86. The van der Waals surface area contributed by atoms with Gasteiger partial charge in [-0.2, -0.15) is 0 Å². The molecule has 0 unspecified atom stereocenters. The van der Waals surface area contributed by atoms with Crippen LogP contribution < -0.4 is 14.8 Å². The number of ether oxygens (including phenoxy) is 2. The summed E-state index contributed by atoms with van der Waals surface area (Å²) in [4.78, 5) is 0. The lowest BCUT2D eigenvalue weighted by atomic mass is 10.2. The minimum Gasteiger partial charge on any atom is -0.493 e. The smallest absolute Gasteiger partial charge is 0.161 e. The summed E-state index contributed by atoms with van der Waals surface area (Å²) in [5.41, 5.74) is 1.25. The Kier molecular flexibility index (Phi) is 5.59. The molecule has 0 saturated heterocycles. The number of nitrogens with one attached hydrogen (secondary N) is 1. The molecule has 1 aromatic rings. The van der Waals surface area contributed by atoms with Crippen molar-refractivity contribution in [1.82, 2.24) is 5.32 Å². The second kappa shape index (κ2) is 6.72. The molecule has 2 rings (SSSR count). The van der Waals surface area contributed by atoms with E-state index in [2.05, 4.69) is 17.4 Å². The zero-order chi connectivity index (χ0) is 11.4. The van der Waals surface area contributed by atoms with Crippen LogP contribution in [0.2, 0.25) is 0 Å². The zero-order valence-corrected chi connectivity index (χ0v) is 11.2. The van der Waals surface area contributed by atoms with Crippen LogP contribution in [0.25, 0.3) is 0 Å². The Morgan fingerprint density at radius 1 is 1.29 bits per heavy atom. The topological polar surface area (TPSA) is 30.5 Å². The van der Waals surface area contributed by atoms with Crippen molar-refractivity contribution >= 4 is 12.4 Å². The van der Waals surface area contributed by atoms with Crippen LogP contribution in [0.3, 0.4) is 0 Å². The average Bonchev–Trinajstić information content (AvgIpc) is 3.11. The highest BCUT2D eigenvalue weighted by Crippen LogP contribution is 2.28. The Hall–Kier alpha value is -0.930. The SMILES string of the molecule is CCOc1cc(CNC2CC2)ccc1OC.Cl. The highest BCUT2D eigenvalue weighted by atomic mass is 35.5. The largest absolute Gasteiger partial charge is 0.493 e. The van der Waals surface area contributed by atoms with Gasteiger partial charge in [-0.15, -0.1) is 12.4 Å². The fourth-order valence-corrected chi connectivity index (χ4v) is 1.65. The molecule has 1 saturated carbocycles. The summed E-state index contributed by atoms with van der Waals surface area (Å²) in [7, 11) is 1.67. The molecule has 0 bridgehead atoms. The van der Waals surface area contributed by atoms with E-state index in [0.29, 0.717) is 6.61 Å². The predicted octanol–water partition coefficient (Wildman–Crippen LogP) is 2.77. The highest BCUT2D eigenvalue weighted by Gasteiger charge is 2.20. The highest BCUT2D eigenvalue weighted by molar-refractivity contribution is 5.85. The normalized spacial score (nSPS) is 14.0. The Balaban J connectivity index is 0.00000144. The molecular formula is C13H20ClNO2. The van der Waals surface area contributed by atoms with Gasteiger partial charge in [0.1, 0.15) is 0 Å². The van der Waals surface area contributed by atoms with Crippen LogP contribution in [0.5, 0.6) is 11.5 Å². The van der Waals surface area contributed by atoms with Crippen molar-refractivity contribution in [1.29, 1.82) is 0 Å². The molecule has 0 aromatic heterocycles.